The molecule has 2 aromatic rings. The number of hydrogen-bond acceptors (Lipinski definition) is 4. The molecule has 29 heavy (non-hydrogen) atoms. The van der Waals surface area contributed by atoms with Gasteiger partial charge in [-0.1, -0.05) is 11.8 Å². The highest BCUT2D eigenvalue weighted by molar-refractivity contribution is 5.96. The van der Waals surface area contributed by atoms with Crippen molar-refractivity contribution in [2.75, 3.05) is 25.1 Å². The van der Waals surface area contributed by atoms with Gasteiger partial charge in [-0.15, -0.1) is 0 Å². The molecule has 1 heterocycles. The maximum atomic E-state index is 12.1. The van der Waals surface area contributed by atoms with E-state index < -0.39 is 5.97 Å². The van der Waals surface area contributed by atoms with Crippen molar-refractivity contribution in [1.29, 1.82) is 0 Å². The van der Waals surface area contributed by atoms with Crippen LogP contribution in [0.15, 0.2) is 48.5 Å². The van der Waals surface area contributed by atoms with Crippen molar-refractivity contribution in [3.05, 3.63) is 65.2 Å². The zero-order chi connectivity index (χ0) is 20.6. The number of carbonyl (C=O) groups excluding carboxylic acids is 3. The lowest BCUT2D eigenvalue weighted by Crippen LogP contribution is -2.35. The molecule has 0 aliphatic carbocycles. The maximum Gasteiger partial charge on any atom is 0.337 e. The van der Waals surface area contributed by atoms with Gasteiger partial charge in [0.2, 0.25) is 5.91 Å². The Balaban J connectivity index is 1.52. The SMILES string of the molecule is COC(=O)c1ccc(C(=O)NCC#Cc2ccc(N3CCCCC3=O)cc2)cc1. The van der Waals surface area contributed by atoms with Crippen LogP contribution in [0.2, 0.25) is 0 Å². The molecule has 0 aromatic heterocycles. The van der Waals surface area contributed by atoms with E-state index in [1.807, 2.05) is 29.2 Å². The molecule has 1 fully saturated rings. The number of nitrogens with zero attached hydrogens (tertiary/aromatic N) is 1. The lowest BCUT2D eigenvalue weighted by molar-refractivity contribution is -0.119. The van der Waals surface area contributed by atoms with E-state index in [0.29, 0.717) is 17.5 Å². The molecule has 0 saturated carbocycles. The summed E-state index contributed by atoms with van der Waals surface area (Å²) in [4.78, 5) is 37.3. The smallest absolute Gasteiger partial charge is 0.337 e. The van der Waals surface area contributed by atoms with E-state index in [1.54, 1.807) is 24.3 Å². The van der Waals surface area contributed by atoms with Crippen LogP contribution in [0, 0.1) is 11.8 Å². The molecular weight excluding hydrogens is 368 g/mol. The Bertz CT molecular complexity index is 953. The molecule has 148 valence electrons. The monoisotopic (exact) mass is 390 g/mol. The van der Waals surface area contributed by atoms with Crippen molar-refractivity contribution in [3.8, 4) is 11.8 Å². The molecule has 1 aliphatic heterocycles. The van der Waals surface area contributed by atoms with Gasteiger partial charge in [-0.3, -0.25) is 9.59 Å². The second-order valence-electron chi connectivity index (χ2n) is 6.60. The van der Waals surface area contributed by atoms with Crippen LogP contribution in [0.4, 0.5) is 5.69 Å². The quantitative estimate of drug-likeness (QED) is 0.643. The van der Waals surface area contributed by atoms with Crippen LogP contribution < -0.4 is 10.2 Å². The zero-order valence-corrected chi connectivity index (χ0v) is 16.2. The topological polar surface area (TPSA) is 75.7 Å². The molecule has 1 saturated heterocycles. The molecule has 6 nitrogen and oxygen atoms in total. The van der Waals surface area contributed by atoms with Gasteiger partial charge in [0.05, 0.1) is 19.2 Å². The number of ether oxygens (including phenoxy) is 1. The van der Waals surface area contributed by atoms with Crippen molar-refractivity contribution in [2.45, 2.75) is 19.3 Å². The highest BCUT2D eigenvalue weighted by atomic mass is 16.5. The van der Waals surface area contributed by atoms with Crippen molar-refractivity contribution in [2.24, 2.45) is 0 Å². The number of hydrogen-bond donors (Lipinski definition) is 1. The van der Waals surface area contributed by atoms with Gasteiger partial charge in [0.1, 0.15) is 0 Å². The van der Waals surface area contributed by atoms with Crippen LogP contribution in [0.5, 0.6) is 0 Å². The second-order valence-corrected chi connectivity index (χ2v) is 6.60. The van der Waals surface area contributed by atoms with Crippen LogP contribution in [0.1, 0.15) is 45.5 Å². The van der Waals surface area contributed by atoms with E-state index >= 15 is 0 Å². The van der Waals surface area contributed by atoms with Crippen LogP contribution in [0.25, 0.3) is 0 Å². The summed E-state index contributed by atoms with van der Waals surface area (Å²) in [6.07, 6.45) is 2.59. The van der Waals surface area contributed by atoms with Gasteiger partial charge < -0.3 is 15.0 Å². The fourth-order valence-electron chi connectivity index (χ4n) is 3.05. The third-order valence-electron chi connectivity index (χ3n) is 4.64. The Morgan fingerprint density at radius 3 is 2.38 bits per heavy atom. The highest BCUT2D eigenvalue weighted by Crippen LogP contribution is 2.21. The Hall–Kier alpha value is -3.59. The van der Waals surface area contributed by atoms with Crippen molar-refractivity contribution in [3.63, 3.8) is 0 Å². The minimum absolute atomic E-state index is 0.164. The van der Waals surface area contributed by atoms with E-state index in [-0.39, 0.29) is 18.4 Å². The normalized spacial score (nSPS) is 13.3. The number of anilines is 1. The van der Waals surface area contributed by atoms with Gasteiger partial charge in [0.15, 0.2) is 0 Å². The summed E-state index contributed by atoms with van der Waals surface area (Å²) in [6.45, 7) is 0.959. The Kier molecular flexibility index (Phi) is 6.64. The van der Waals surface area contributed by atoms with Crippen LogP contribution in [-0.2, 0) is 9.53 Å². The molecule has 1 aliphatic rings. The number of methoxy groups -OCH3 is 1. The van der Waals surface area contributed by atoms with Crippen molar-refractivity contribution < 1.29 is 19.1 Å². The molecular formula is C23H22N2O4. The van der Waals surface area contributed by atoms with E-state index in [1.165, 1.54) is 7.11 Å². The first-order valence-electron chi connectivity index (χ1n) is 9.44. The number of carbonyl (C=O) groups is 3. The average Bonchev–Trinajstić information content (AvgIpc) is 2.77. The van der Waals surface area contributed by atoms with E-state index in [9.17, 15) is 14.4 Å². The third-order valence-corrected chi connectivity index (χ3v) is 4.64. The van der Waals surface area contributed by atoms with Crippen molar-refractivity contribution in [1.82, 2.24) is 5.32 Å². The number of benzene rings is 2. The lowest BCUT2D eigenvalue weighted by Gasteiger charge is -2.26. The second kappa shape index (κ2) is 9.56. The Labute approximate surface area is 169 Å². The standard InChI is InChI=1S/C23H22N2O4/c1-29-23(28)19-11-9-18(10-12-19)22(27)24-15-4-5-17-7-13-20(14-8-17)25-16-3-2-6-21(25)26/h7-14H,2-3,6,15-16H2,1H3,(H,24,27). The molecule has 2 amide bonds. The van der Waals surface area contributed by atoms with Gasteiger partial charge in [-0.25, -0.2) is 4.79 Å². The predicted octanol–water partition coefficient (Wildman–Crippen LogP) is 2.77. The Morgan fingerprint density at radius 1 is 1.03 bits per heavy atom. The predicted molar refractivity (Wildman–Crippen MR) is 110 cm³/mol. The molecule has 0 unspecified atom stereocenters. The summed E-state index contributed by atoms with van der Waals surface area (Å²) >= 11 is 0. The van der Waals surface area contributed by atoms with Gasteiger partial charge in [0, 0.05) is 29.8 Å². The number of esters is 1. The Morgan fingerprint density at radius 2 is 1.72 bits per heavy atom. The van der Waals surface area contributed by atoms with Gasteiger partial charge in [-0.05, 0) is 61.4 Å². The molecule has 0 radical (unpaired) electrons. The van der Waals surface area contributed by atoms with E-state index in [4.69, 9.17) is 0 Å². The maximum absolute atomic E-state index is 12.1. The largest absolute Gasteiger partial charge is 0.465 e. The molecule has 6 heteroatoms. The molecule has 1 N–H and O–H groups in total. The highest BCUT2D eigenvalue weighted by Gasteiger charge is 2.19. The lowest BCUT2D eigenvalue weighted by atomic mass is 10.1. The van der Waals surface area contributed by atoms with Crippen molar-refractivity contribution >= 4 is 23.5 Å². The number of rotatable bonds is 4. The third kappa shape index (κ3) is 5.23. The first-order valence-corrected chi connectivity index (χ1v) is 9.44. The van der Waals surface area contributed by atoms with Crippen LogP contribution >= 0.6 is 0 Å². The number of piperidine rings is 1. The number of amides is 2. The zero-order valence-electron chi connectivity index (χ0n) is 16.2. The fourth-order valence-corrected chi connectivity index (χ4v) is 3.05. The van der Waals surface area contributed by atoms with Gasteiger partial charge in [0.25, 0.3) is 5.91 Å². The van der Waals surface area contributed by atoms with Crippen LogP contribution in [0.3, 0.4) is 0 Å². The summed E-state index contributed by atoms with van der Waals surface area (Å²) in [5.41, 5.74) is 2.53. The summed E-state index contributed by atoms with van der Waals surface area (Å²) in [7, 11) is 1.31. The molecule has 0 bridgehead atoms. The minimum Gasteiger partial charge on any atom is -0.465 e. The summed E-state index contributed by atoms with van der Waals surface area (Å²) in [6, 6.07) is 13.8. The minimum atomic E-state index is -0.446. The fraction of sp³-hybridized carbons (Fsp3) is 0.261. The molecule has 0 atom stereocenters. The first kappa shape index (κ1) is 20.2. The summed E-state index contributed by atoms with van der Waals surface area (Å²) in [5.74, 6) is 5.36. The van der Waals surface area contributed by atoms with Gasteiger partial charge >= 0.3 is 5.97 Å². The van der Waals surface area contributed by atoms with E-state index in [2.05, 4.69) is 21.9 Å². The van der Waals surface area contributed by atoms with E-state index in [0.717, 1.165) is 30.6 Å². The molecule has 3 rings (SSSR count). The molecule has 0 spiro atoms. The first-order chi connectivity index (χ1) is 14.1. The summed E-state index contributed by atoms with van der Waals surface area (Å²) in [5, 5.41) is 2.72. The summed E-state index contributed by atoms with van der Waals surface area (Å²) < 4.78 is 4.63. The average molecular weight is 390 g/mol. The number of nitrogens with one attached hydrogen (secondary N) is 1. The molecule has 2 aromatic carbocycles. The van der Waals surface area contributed by atoms with Gasteiger partial charge in [-0.2, -0.15) is 0 Å². The van der Waals surface area contributed by atoms with Crippen LogP contribution in [-0.4, -0.2) is 38.0 Å².